The van der Waals surface area contributed by atoms with Crippen LogP contribution in [0.1, 0.15) is 37.2 Å². The van der Waals surface area contributed by atoms with Gasteiger partial charge < -0.3 is 0 Å². The zero-order chi connectivity index (χ0) is 14.9. The van der Waals surface area contributed by atoms with E-state index in [1.54, 1.807) is 22.9 Å². The molecule has 2 rings (SSSR count). The minimum atomic E-state index is -0.579. The van der Waals surface area contributed by atoms with Crippen molar-refractivity contribution in [2.75, 3.05) is 0 Å². The highest BCUT2D eigenvalue weighted by Crippen LogP contribution is 2.32. The standard InChI is InChI=1S/C13H15BrClFN4/c1-7(2)20-13(10(15)6-18-20)12(19-17)8-4-3-5-9(14)11(8)16/h3-7,12,19H,17H2,1-2H3. The molecule has 0 fully saturated rings. The third kappa shape index (κ3) is 2.74. The molecule has 3 N–H and O–H groups in total. The Labute approximate surface area is 130 Å². The lowest BCUT2D eigenvalue weighted by Gasteiger charge is -2.21. The van der Waals surface area contributed by atoms with Gasteiger partial charge in [-0.05, 0) is 35.8 Å². The van der Waals surface area contributed by atoms with Crippen LogP contribution >= 0.6 is 27.5 Å². The van der Waals surface area contributed by atoms with Gasteiger partial charge in [-0.25, -0.2) is 9.82 Å². The van der Waals surface area contributed by atoms with Gasteiger partial charge >= 0.3 is 0 Å². The van der Waals surface area contributed by atoms with Gasteiger partial charge in [0.25, 0.3) is 0 Å². The average Bonchev–Trinajstić information content (AvgIpc) is 2.78. The van der Waals surface area contributed by atoms with E-state index in [2.05, 4.69) is 26.5 Å². The van der Waals surface area contributed by atoms with Crippen LogP contribution in [0.3, 0.4) is 0 Å². The van der Waals surface area contributed by atoms with Crippen LogP contribution in [-0.4, -0.2) is 9.78 Å². The molecule has 0 radical (unpaired) electrons. The number of benzene rings is 1. The van der Waals surface area contributed by atoms with Crippen LogP contribution in [0.15, 0.2) is 28.9 Å². The minimum Gasteiger partial charge on any atom is -0.271 e. The van der Waals surface area contributed by atoms with Crippen LogP contribution in [0, 0.1) is 5.82 Å². The van der Waals surface area contributed by atoms with Crippen LogP contribution in [0.2, 0.25) is 5.02 Å². The van der Waals surface area contributed by atoms with E-state index in [4.69, 9.17) is 17.4 Å². The maximum absolute atomic E-state index is 14.3. The molecular formula is C13H15BrClFN4. The summed E-state index contributed by atoms with van der Waals surface area (Å²) in [6.07, 6.45) is 1.54. The van der Waals surface area contributed by atoms with Gasteiger partial charge in [-0.3, -0.25) is 10.5 Å². The second-order valence-electron chi connectivity index (χ2n) is 4.66. The number of halogens is 3. The molecule has 0 spiro atoms. The molecule has 2 aromatic rings. The summed E-state index contributed by atoms with van der Waals surface area (Å²) in [6, 6.07) is 4.55. The summed E-state index contributed by atoms with van der Waals surface area (Å²) in [6.45, 7) is 3.94. The Morgan fingerprint density at radius 1 is 1.45 bits per heavy atom. The van der Waals surface area contributed by atoms with E-state index in [1.807, 2.05) is 13.8 Å². The molecule has 7 heteroatoms. The van der Waals surface area contributed by atoms with Gasteiger partial charge in [0.15, 0.2) is 0 Å². The van der Waals surface area contributed by atoms with Crippen molar-refractivity contribution >= 4 is 27.5 Å². The Balaban J connectivity index is 2.58. The van der Waals surface area contributed by atoms with Crippen molar-refractivity contribution in [3.05, 3.63) is 51.0 Å². The van der Waals surface area contributed by atoms with Gasteiger partial charge in [-0.2, -0.15) is 5.10 Å². The van der Waals surface area contributed by atoms with E-state index in [0.29, 0.717) is 20.8 Å². The molecule has 1 aromatic carbocycles. The SMILES string of the molecule is CC(C)n1ncc(Cl)c1C(NN)c1cccc(Br)c1F. The zero-order valence-corrected chi connectivity index (χ0v) is 13.4. The lowest BCUT2D eigenvalue weighted by Crippen LogP contribution is -2.32. The van der Waals surface area contributed by atoms with Gasteiger partial charge in [-0.1, -0.05) is 23.7 Å². The Morgan fingerprint density at radius 3 is 2.75 bits per heavy atom. The highest BCUT2D eigenvalue weighted by atomic mass is 79.9. The molecule has 1 atom stereocenters. The molecule has 0 aliphatic carbocycles. The van der Waals surface area contributed by atoms with E-state index in [9.17, 15) is 4.39 Å². The summed E-state index contributed by atoms with van der Waals surface area (Å²) < 4.78 is 16.4. The second kappa shape index (κ2) is 6.22. The first-order valence-electron chi connectivity index (χ1n) is 6.10. The topological polar surface area (TPSA) is 55.9 Å². The summed E-state index contributed by atoms with van der Waals surface area (Å²) >= 11 is 9.37. The smallest absolute Gasteiger partial charge is 0.142 e. The molecule has 1 heterocycles. The van der Waals surface area contributed by atoms with Crippen molar-refractivity contribution in [1.29, 1.82) is 0 Å². The Hall–Kier alpha value is -0.950. The van der Waals surface area contributed by atoms with Crippen molar-refractivity contribution in [1.82, 2.24) is 15.2 Å². The molecule has 0 saturated heterocycles. The maximum Gasteiger partial charge on any atom is 0.142 e. The molecule has 4 nitrogen and oxygen atoms in total. The lowest BCUT2D eigenvalue weighted by molar-refractivity contribution is 0.466. The molecule has 20 heavy (non-hydrogen) atoms. The number of hydrogen-bond donors (Lipinski definition) is 2. The fourth-order valence-electron chi connectivity index (χ4n) is 2.09. The van der Waals surface area contributed by atoms with Gasteiger partial charge in [0.05, 0.1) is 27.4 Å². The first-order chi connectivity index (χ1) is 9.47. The van der Waals surface area contributed by atoms with Crippen LogP contribution in [-0.2, 0) is 0 Å². The van der Waals surface area contributed by atoms with E-state index < -0.39 is 6.04 Å². The molecule has 1 unspecified atom stereocenters. The van der Waals surface area contributed by atoms with Gasteiger partial charge in [0, 0.05) is 11.6 Å². The van der Waals surface area contributed by atoms with E-state index >= 15 is 0 Å². The molecule has 0 amide bonds. The second-order valence-corrected chi connectivity index (χ2v) is 5.92. The first-order valence-corrected chi connectivity index (χ1v) is 7.27. The van der Waals surface area contributed by atoms with Crippen molar-refractivity contribution < 1.29 is 4.39 Å². The molecule has 0 aliphatic heterocycles. The predicted molar refractivity (Wildman–Crippen MR) is 80.9 cm³/mol. The summed E-state index contributed by atoms with van der Waals surface area (Å²) in [4.78, 5) is 0. The van der Waals surface area contributed by atoms with Crippen molar-refractivity contribution in [3.8, 4) is 0 Å². The average molecular weight is 362 g/mol. The molecular weight excluding hydrogens is 347 g/mol. The minimum absolute atomic E-state index is 0.0866. The number of aromatic nitrogens is 2. The molecule has 0 bridgehead atoms. The number of rotatable bonds is 4. The Morgan fingerprint density at radius 2 is 2.15 bits per heavy atom. The van der Waals surface area contributed by atoms with Crippen molar-refractivity contribution in [3.63, 3.8) is 0 Å². The van der Waals surface area contributed by atoms with E-state index in [1.165, 1.54) is 6.20 Å². The number of nitrogens with one attached hydrogen (secondary N) is 1. The molecule has 1 aromatic heterocycles. The highest BCUT2D eigenvalue weighted by Gasteiger charge is 2.25. The fourth-order valence-corrected chi connectivity index (χ4v) is 2.71. The van der Waals surface area contributed by atoms with Crippen LogP contribution in [0.4, 0.5) is 4.39 Å². The van der Waals surface area contributed by atoms with Gasteiger partial charge in [-0.15, -0.1) is 0 Å². The lowest BCUT2D eigenvalue weighted by atomic mass is 10.0. The largest absolute Gasteiger partial charge is 0.271 e. The zero-order valence-electron chi connectivity index (χ0n) is 11.1. The summed E-state index contributed by atoms with van der Waals surface area (Å²) in [7, 11) is 0. The number of nitrogens with zero attached hydrogens (tertiary/aromatic N) is 2. The van der Waals surface area contributed by atoms with Gasteiger partial charge in [0.2, 0.25) is 0 Å². The Bertz CT molecular complexity index is 614. The normalized spacial score (nSPS) is 12.9. The number of hydrazine groups is 1. The summed E-state index contributed by atoms with van der Waals surface area (Å²) in [5.74, 6) is 5.25. The predicted octanol–water partition coefficient (Wildman–Crippen LogP) is 3.57. The van der Waals surface area contributed by atoms with Crippen LogP contribution < -0.4 is 11.3 Å². The van der Waals surface area contributed by atoms with E-state index in [0.717, 1.165) is 0 Å². The third-order valence-electron chi connectivity index (χ3n) is 3.01. The van der Waals surface area contributed by atoms with Crippen LogP contribution in [0.25, 0.3) is 0 Å². The number of nitrogens with two attached hydrogens (primary N) is 1. The number of hydrogen-bond acceptors (Lipinski definition) is 3. The van der Waals surface area contributed by atoms with Crippen LogP contribution in [0.5, 0.6) is 0 Å². The van der Waals surface area contributed by atoms with Crippen molar-refractivity contribution in [2.24, 2.45) is 5.84 Å². The maximum atomic E-state index is 14.3. The first kappa shape index (κ1) is 15.4. The van der Waals surface area contributed by atoms with E-state index in [-0.39, 0.29) is 11.9 Å². The monoisotopic (exact) mass is 360 g/mol. The quantitative estimate of drug-likeness (QED) is 0.646. The molecule has 0 saturated carbocycles. The Kier molecular flexibility index (Phi) is 4.80. The van der Waals surface area contributed by atoms with Crippen molar-refractivity contribution in [2.45, 2.75) is 25.9 Å². The molecule has 0 aliphatic rings. The third-order valence-corrected chi connectivity index (χ3v) is 3.91. The molecule has 108 valence electrons. The summed E-state index contributed by atoms with van der Waals surface area (Å²) in [5.41, 5.74) is 3.67. The van der Waals surface area contributed by atoms with Gasteiger partial charge in [0.1, 0.15) is 5.82 Å². The fraction of sp³-hybridized carbons (Fsp3) is 0.308. The summed E-state index contributed by atoms with van der Waals surface area (Å²) in [5, 5.41) is 4.66. The highest BCUT2D eigenvalue weighted by molar-refractivity contribution is 9.10.